The van der Waals surface area contributed by atoms with Gasteiger partial charge in [-0.3, -0.25) is 0 Å². The van der Waals surface area contributed by atoms with Crippen LogP contribution in [-0.4, -0.2) is 0 Å². The molecule has 0 amide bonds. The maximum Gasteiger partial charge on any atom is 0.216 e. The maximum absolute atomic E-state index is 13.1. The van der Waals surface area contributed by atoms with Crippen molar-refractivity contribution in [2.75, 3.05) is 0 Å². The number of halogens is 4. The summed E-state index contributed by atoms with van der Waals surface area (Å²) in [6.07, 6.45) is 0. The third kappa shape index (κ3) is 3.12. The first-order valence-electron chi connectivity index (χ1n) is 4.90. The largest absolute Gasteiger partial charge is 0.216 e. The first-order chi connectivity index (χ1) is 7.97. The molecule has 0 saturated carbocycles. The van der Waals surface area contributed by atoms with Crippen LogP contribution in [0, 0.1) is 5.82 Å². The third-order valence-corrected chi connectivity index (χ3v) is 3.02. The van der Waals surface area contributed by atoms with Gasteiger partial charge < -0.3 is 0 Å². The second kappa shape index (κ2) is 4.85. The predicted molar refractivity (Wildman–Crippen MR) is 71.1 cm³/mol. The van der Waals surface area contributed by atoms with E-state index in [-0.39, 0.29) is 5.82 Å². The van der Waals surface area contributed by atoms with Crippen LogP contribution in [0.2, 0.25) is 0 Å². The van der Waals surface area contributed by atoms with Gasteiger partial charge >= 0.3 is 0 Å². The first-order valence-corrected chi connectivity index (χ1v) is 6.03. The van der Waals surface area contributed by atoms with Crippen molar-refractivity contribution in [1.82, 2.24) is 0 Å². The Bertz CT molecular complexity index is 515. The van der Waals surface area contributed by atoms with Crippen molar-refractivity contribution < 1.29 is 4.39 Å². The van der Waals surface area contributed by atoms with E-state index in [1.165, 1.54) is 12.1 Å². The molecule has 0 radical (unpaired) electrons. The van der Waals surface area contributed by atoms with Crippen molar-refractivity contribution in [3.05, 3.63) is 59.9 Å². The summed E-state index contributed by atoms with van der Waals surface area (Å²) in [5.41, 5.74) is 2.26. The molecular formula is C13H8Cl3F. The predicted octanol–water partition coefficient (Wildman–Crippen LogP) is 5.32. The Balaban J connectivity index is 2.36. The van der Waals surface area contributed by atoms with Crippen LogP contribution in [0.15, 0.2) is 48.5 Å². The van der Waals surface area contributed by atoms with Gasteiger partial charge in [-0.1, -0.05) is 71.2 Å². The van der Waals surface area contributed by atoms with Crippen LogP contribution in [0.5, 0.6) is 0 Å². The Morgan fingerprint density at radius 2 is 1.47 bits per heavy atom. The van der Waals surface area contributed by atoms with Crippen LogP contribution in [0.3, 0.4) is 0 Å². The normalized spacial score (nSPS) is 11.5. The quantitative estimate of drug-likeness (QED) is 0.623. The molecule has 0 unspecified atom stereocenters. The molecule has 2 aromatic carbocycles. The van der Waals surface area contributed by atoms with Gasteiger partial charge in [-0.2, -0.15) is 0 Å². The highest BCUT2D eigenvalue weighted by molar-refractivity contribution is 6.66. The molecule has 0 N–H and O–H groups in total. The fraction of sp³-hybridized carbons (Fsp3) is 0.0769. The summed E-state index contributed by atoms with van der Waals surface area (Å²) in [4.78, 5) is 0. The zero-order valence-corrected chi connectivity index (χ0v) is 10.9. The lowest BCUT2D eigenvalue weighted by atomic mass is 10.0. The lowest BCUT2D eigenvalue weighted by Crippen LogP contribution is -1.98. The minimum Gasteiger partial charge on any atom is -0.207 e. The molecule has 0 spiro atoms. The molecule has 2 rings (SSSR count). The highest BCUT2D eigenvalue weighted by atomic mass is 35.6. The van der Waals surface area contributed by atoms with Crippen LogP contribution >= 0.6 is 34.8 Å². The molecular weight excluding hydrogens is 282 g/mol. The highest BCUT2D eigenvalue weighted by Crippen LogP contribution is 2.38. The third-order valence-electron chi connectivity index (χ3n) is 2.37. The van der Waals surface area contributed by atoms with E-state index < -0.39 is 3.79 Å². The van der Waals surface area contributed by atoms with Crippen molar-refractivity contribution in [2.24, 2.45) is 0 Å². The van der Waals surface area contributed by atoms with Crippen LogP contribution in [0.1, 0.15) is 5.56 Å². The van der Waals surface area contributed by atoms with Crippen LogP contribution in [0.4, 0.5) is 4.39 Å². The fourth-order valence-electron chi connectivity index (χ4n) is 1.52. The Hall–Kier alpha value is -0.760. The second-order valence-corrected chi connectivity index (χ2v) is 5.87. The zero-order chi connectivity index (χ0) is 12.5. The topological polar surface area (TPSA) is 0 Å². The van der Waals surface area contributed by atoms with Crippen molar-refractivity contribution in [3.63, 3.8) is 0 Å². The molecule has 0 bridgehead atoms. The summed E-state index contributed by atoms with van der Waals surface area (Å²) in [7, 11) is 0. The average molecular weight is 290 g/mol. The molecule has 0 heterocycles. The number of benzene rings is 2. The fourth-order valence-corrected chi connectivity index (χ4v) is 1.90. The summed E-state index contributed by atoms with van der Waals surface area (Å²) >= 11 is 17.3. The molecule has 2 aromatic rings. The molecule has 0 aliphatic rings. The minimum absolute atomic E-state index is 0.270. The number of alkyl halides is 3. The lowest BCUT2D eigenvalue weighted by molar-refractivity contribution is 0.628. The molecule has 0 nitrogen and oxygen atoms in total. The lowest BCUT2D eigenvalue weighted by Gasteiger charge is -2.11. The van der Waals surface area contributed by atoms with E-state index in [0.29, 0.717) is 5.56 Å². The summed E-state index contributed by atoms with van der Waals surface area (Å²) in [5.74, 6) is -0.270. The Kier molecular flexibility index (Phi) is 3.62. The van der Waals surface area contributed by atoms with Gasteiger partial charge in [0.2, 0.25) is 3.79 Å². The molecule has 4 heteroatoms. The van der Waals surface area contributed by atoms with E-state index in [1.54, 1.807) is 30.3 Å². The summed E-state index contributed by atoms with van der Waals surface area (Å²) in [6.45, 7) is 0. The molecule has 0 atom stereocenters. The molecule has 88 valence electrons. The van der Waals surface area contributed by atoms with Crippen LogP contribution in [-0.2, 0) is 3.79 Å². The Morgan fingerprint density at radius 1 is 0.824 bits per heavy atom. The monoisotopic (exact) mass is 288 g/mol. The first kappa shape index (κ1) is 12.7. The van der Waals surface area contributed by atoms with E-state index >= 15 is 0 Å². The molecule has 0 fully saturated rings. The SMILES string of the molecule is Fc1cccc(-c2ccc(C(Cl)(Cl)Cl)cc2)c1. The number of rotatable bonds is 1. The minimum atomic E-state index is -1.43. The van der Waals surface area contributed by atoms with Gasteiger partial charge in [0, 0.05) is 5.56 Å². The van der Waals surface area contributed by atoms with Gasteiger partial charge in [-0.15, -0.1) is 0 Å². The Labute approximate surface area is 114 Å². The van der Waals surface area contributed by atoms with E-state index in [1.807, 2.05) is 6.07 Å². The summed E-state index contributed by atoms with van der Waals surface area (Å²) in [5, 5.41) is 0. The molecule has 0 aliphatic heterocycles. The van der Waals surface area contributed by atoms with E-state index in [9.17, 15) is 4.39 Å². The van der Waals surface area contributed by atoms with Crippen molar-refractivity contribution >= 4 is 34.8 Å². The smallest absolute Gasteiger partial charge is 0.207 e. The van der Waals surface area contributed by atoms with Gasteiger partial charge in [-0.25, -0.2) is 4.39 Å². The summed E-state index contributed by atoms with van der Waals surface area (Å²) in [6, 6.07) is 13.4. The molecule has 0 aromatic heterocycles. The van der Waals surface area contributed by atoms with Crippen molar-refractivity contribution in [3.8, 4) is 11.1 Å². The van der Waals surface area contributed by atoms with Gasteiger partial charge in [-0.05, 0) is 23.3 Å². The average Bonchev–Trinajstić information content (AvgIpc) is 2.28. The van der Waals surface area contributed by atoms with Crippen LogP contribution in [0.25, 0.3) is 11.1 Å². The van der Waals surface area contributed by atoms with Gasteiger partial charge in [0.15, 0.2) is 0 Å². The molecule has 0 saturated heterocycles. The standard InChI is InChI=1S/C13H8Cl3F/c14-13(15,16)11-6-4-9(5-7-11)10-2-1-3-12(17)8-10/h1-8H. The van der Waals surface area contributed by atoms with Gasteiger partial charge in [0.1, 0.15) is 5.82 Å². The zero-order valence-electron chi connectivity index (χ0n) is 8.63. The Morgan fingerprint density at radius 3 is 2.00 bits per heavy atom. The second-order valence-electron chi connectivity index (χ2n) is 3.59. The van der Waals surface area contributed by atoms with Gasteiger partial charge in [0.25, 0.3) is 0 Å². The van der Waals surface area contributed by atoms with E-state index in [4.69, 9.17) is 34.8 Å². The molecule has 0 aliphatic carbocycles. The van der Waals surface area contributed by atoms with E-state index in [2.05, 4.69) is 0 Å². The highest BCUT2D eigenvalue weighted by Gasteiger charge is 2.22. The number of hydrogen-bond donors (Lipinski definition) is 0. The van der Waals surface area contributed by atoms with Crippen LogP contribution < -0.4 is 0 Å². The maximum atomic E-state index is 13.1. The van der Waals surface area contributed by atoms with Gasteiger partial charge in [0.05, 0.1) is 0 Å². The van der Waals surface area contributed by atoms with Crippen molar-refractivity contribution in [2.45, 2.75) is 3.79 Å². The summed E-state index contributed by atoms with van der Waals surface area (Å²) < 4.78 is 11.6. The molecule has 17 heavy (non-hydrogen) atoms. The van der Waals surface area contributed by atoms with Crippen molar-refractivity contribution in [1.29, 1.82) is 0 Å². The number of hydrogen-bond acceptors (Lipinski definition) is 0. The van der Waals surface area contributed by atoms with E-state index in [0.717, 1.165) is 11.1 Å².